The van der Waals surface area contributed by atoms with Gasteiger partial charge in [0.05, 0.1) is 0 Å². The molecular weight excluding hydrogens is 265 g/mol. The zero-order chi connectivity index (χ0) is 14.5. The molecule has 0 saturated heterocycles. The van der Waals surface area contributed by atoms with Crippen LogP contribution in [0.2, 0.25) is 0 Å². The number of rotatable bonds is 4. The summed E-state index contributed by atoms with van der Waals surface area (Å²) in [5, 5.41) is 0. The molecule has 3 heteroatoms. The topological polar surface area (TPSA) is 22.1 Å². The molecule has 2 aromatic carbocycles. The third-order valence-corrected chi connectivity index (χ3v) is 3.20. The van der Waals surface area contributed by atoms with Crippen LogP contribution in [0.25, 0.3) is 11.1 Å². The zero-order valence-corrected chi connectivity index (χ0v) is 11.4. The van der Waals surface area contributed by atoms with Gasteiger partial charge in [-0.3, -0.25) is 0 Å². The maximum atomic E-state index is 13.9. The van der Waals surface area contributed by atoms with Gasteiger partial charge in [0.15, 0.2) is 0 Å². The molecule has 0 unspecified atom stereocenters. The molecule has 0 atom stereocenters. The lowest BCUT2D eigenvalue weighted by Gasteiger charge is -2.11. The lowest BCUT2D eigenvalue weighted by atomic mass is 10.0. The van der Waals surface area contributed by atoms with Crippen molar-refractivity contribution in [3.8, 4) is 16.9 Å². The van der Waals surface area contributed by atoms with Crippen LogP contribution in [0.3, 0.4) is 0 Å². The summed E-state index contributed by atoms with van der Waals surface area (Å²) in [5.74, 6) is 0.323. The smallest absolute Gasteiger partial charge is 0.220 e. The third kappa shape index (κ3) is 3.08. The van der Waals surface area contributed by atoms with Crippen molar-refractivity contribution in [3.05, 3.63) is 84.4 Å². The predicted octanol–water partition coefficient (Wildman–Crippen LogP) is 4.47. The Balaban J connectivity index is 1.88. The van der Waals surface area contributed by atoms with Crippen molar-refractivity contribution < 1.29 is 9.13 Å². The number of para-hydroxylation sites is 1. The van der Waals surface area contributed by atoms with Crippen molar-refractivity contribution in [2.24, 2.45) is 0 Å². The van der Waals surface area contributed by atoms with E-state index in [1.165, 1.54) is 6.20 Å². The predicted molar refractivity (Wildman–Crippen MR) is 80.4 cm³/mol. The average Bonchev–Trinajstić information content (AvgIpc) is 2.55. The van der Waals surface area contributed by atoms with Crippen LogP contribution in [0.4, 0.5) is 4.39 Å². The molecule has 0 aliphatic rings. The van der Waals surface area contributed by atoms with Gasteiger partial charge in [0, 0.05) is 11.8 Å². The van der Waals surface area contributed by atoms with E-state index in [2.05, 4.69) is 4.98 Å². The molecule has 0 fully saturated rings. The lowest BCUT2D eigenvalue weighted by molar-refractivity contribution is 0.306. The molecule has 0 radical (unpaired) electrons. The minimum absolute atomic E-state index is 0.383. The molecule has 0 amide bonds. The van der Waals surface area contributed by atoms with Crippen molar-refractivity contribution in [2.45, 2.75) is 6.61 Å². The van der Waals surface area contributed by atoms with Gasteiger partial charge in [0.1, 0.15) is 12.4 Å². The van der Waals surface area contributed by atoms with Gasteiger partial charge < -0.3 is 4.74 Å². The Labute approximate surface area is 122 Å². The second-order valence-electron chi connectivity index (χ2n) is 4.60. The number of nitrogens with zero attached hydrogens (tertiary/aromatic N) is 1. The van der Waals surface area contributed by atoms with E-state index in [1.807, 2.05) is 54.6 Å². The second kappa shape index (κ2) is 6.18. The summed E-state index contributed by atoms with van der Waals surface area (Å²) in [6, 6.07) is 20.6. The van der Waals surface area contributed by atoms with Gasteiger partial charge in [-0.15, -0.1) is 0 Å². The van der Waals surface area contributed by atoms with Crippen molar-refractivity contribution in [2.75, 3.05) is 0 Å². The van der Waals surface area contributed by atoms with E-state index in [1.54, 1.807) is 12.1 Å². The number of hydrogen-bond donors (Lipinski definition) is 0. The maximum absolute atomic E-state index is 13.9. The molecule has 0 spiro atoms. The SMILES string of the molecule is Fc1ncccc1-c1ccccc1COc1ccccc1. The molecule has 2 nitrogen and oxygen atoms in total. The standard InChI is InChI=1S/C18H14FNO/c19-18-17(11-6-12-20-18)16-10-5-4-7-14(16)13-21-15-8-2-1-3-9-15/h1-12H,13H2. The van der Waals surface area contributed by atoms with Gasteiger partial charge >= 0.3 is 0 Å². The van der Waals surface area contributed by atoms with Crippen LogP contribution in [0, 0.1) is 5.95 Å². The molecule has 21 heavy (non-hydrogen) atoms. The monoisotopic (exact) mass is 279 g/mol. The van der Waals surface area contributed by atoms with E-state index in [0.717, 1.165) is 16.9 Å². The summed E-state index contributed by atoms with van der Waals surface area (Å²) in [7, 11) is 0. The minimum Gasteiger partial charge on any atom is -0.489 e. The molecular formula is C18H14FNO. The molecule has 0 aliphatic heterocycles. The highest BCUT2D eigenvalue weighted by Crippen LogP contribution is 2.26. The van der Waals surface area contributed by atoms with E-state index in [-0.39, 0.29) is 0 Å². The highest BCUT2D eigenvalue weighted by atomic mass is 19.1. The Morgan fingerprint density at radius 2 is 1.52 bits per heavy atom. The van der Waals surface area contributed by atoms with E-state index < -0.39 is 5.95 Å². The highest BCUT2D eigenvalue weighted by Gasteiger charge is 2.10. The van der Waals surface area contributed by atoms with Crippen molar-refractivity contribution in [3.63, 3.8) is 0 Å². The number of hydrogen-bond acceptors (Lipinski definition) is 2. The van der Waals surface area contributed by atoms with E-state index >= 15 is 0 Å². The van der Waals surface area contributed by atoms with Gasteiger partial charge in [-0.1, -0.05) is 42.5 Å². The highest BCUT2D eigenvalue weighted by molar-refractivity contribution is 5.66. The van der Waals surface area contributed by atoms with Gasteiger partial charge in [0.25, 0.3) is 0 Å². The van der Waals surface area contributed by atoms with Crippen molar-refractivity contribution in [1.82, 2.24) is 4.98 Å². The zero-order valence-electron chi connectivity index (χ0n) is 11.4. The fourth-order valence-electron chi connectivity index (χ4n) is 2.17. The first-order chi connectivity index (χ1) is 10.3. The van der Waals surface area contributed by atoms with Crippen LogP contribution < -0.4 is 4.74 Å². The summed E-state index contributed by atoms with van der Waals surface area (Å²) in [6.45, 7) is 0.383. The summed E-state index contributed by atoms with van der Waals surface area (Å²) < 4.78 is 19.6. The van der Waals surface area contributed by atoms with Crippen molar-refractivity contribution >= 4 is 0 Å². The van der Waals surface area contributed by atoms with Gasteiger partial charge in [-0.25, -0.2) is 4.98 Å². The van der Waals surface area contributed by atoms with Crippen LogP contribution in [-0.4, -0.2) is 4.98 Å². The number of benzene rings is 2. The minimum atomic E-state index is -0.468. The summed E-state index contributed by atoms with van der Waals surface area (Å²) >= 11 is 0. The Morgan fingerprint density at radius 1 is 0.810 bits per heavy atom. The third-order valence-electron chi connectivity index (χ3n) is 3.20. The molecule has 0 saturated carbocycles. The number of halogens is 1. The molecule has 104 valence electrons. The quantitative estimate of drug-likeness (QED) is 0.657. The summed E-state index contributed by atoms with van der Waals surface area (Å²) in [6.07, 6.45) is 1.45. The number of aromatic nitrogens is 1. The van der Waals surface area contributed by atoms with Crippen LogP contribution in [0.5, 0.6) is 5.75 Å². The Kier molecular flexibility index (Phi) is 3.92. The van der Waals surface area contributed by atoms with Crippen LogP contribution >= 0.6 is 0 Å². The van der Waals surface area contributed by atoms with Gasteiger partial charge in [-0.05, 0) is 35.4 Å². The largest absolute Gasteiger partial charge is 0.489 e. The fraction of sp³-hybridized carbons (Fsp3) is 0.0556. The van der Waals surface area contributed by atoms with Crippen LogP contribution in [0.1, 0.15) is 5.56 Å². The summed E-state index contributed by atoms with van der Waals surface area (Å²) in [5.41, 5.74) is 2.22. The van der Waals surface area contributed by atoms with Gasteiger partial charge in [-0.2, -0.15) is 4.39 Å². The molecule has 3 rings (SSSR count). The van der Waals surface area contributed by atoms with E-state index in [4.69, 9.17) is 4.74 Å². The maximum Gasteiger partial charge on any atom is 0.220 e. The Morgan fingerprint density at radius 3 is 2.33 bits per heavy atom. The first kappa shape index (κ1) is 13.3. The first-order valence-electron chi connectivity index (χ1n) is 6.71. The van der Waals surface area contributed by atoms with Crippen LogP contribution in [-0.2, 0) is 6.61 Å². The number of ether oxygens (including phenoxy) is 1. The molecule has 0 aliphatic carbocycles. The molecule has 1 heterocycles. The van der Waals surface area contributed by atoms with Crippen molar-refractivity contribution in [1.29, 1.82) is 0 Å². The normalized spacial score (nSPS) is 10.3. The van der Waals surface area contributed by atoms with Gasteiger partial charge in [0.2, 0.25) is 5.95 Å². The van der Waals surface area contributed by atoms with E-state index in [0.29, 0.717) is 12.2 Å². The van der Waals surface area contributed by atoms with E-state index in [9.17, 15) is 4.39 Å². The number of pyridine rings is 1. The Bertz CT molecular complexity index is 728. The molecule has 3 aromatic rings. The average molecular weight is 279 g/mol. The van der Waals surface area contributed by atoms with Crippen LogP contribution in [0.15, 0.2) is 72.9 Å². The molecule has 0 bridgehead atoms. The first-order valence-corrected chi connectivity index (χ1v) is 6.71. The lowest BCUT2D eigenvalue weighted by Crippen LogP contribution is -1.99. The molecule has 0 N–H and O–H groups in total. The second-order valence-corrected chi connectivity index (χ2v) is 4.60. The fourth-order valence-corrected chi connectivity index (χ4v) is 2.17. The Hall–Kier alpha value is -2.68. The summed E-state index contributed by atoms with van der Waals surface area (Å²) in [4.78, 5) is 3.71. The molecule has 1 aromatic heterocycles.